The number of fused-ring (bicyclic) bond motifs is 1. The number of hydrogen-bond acceptors (Lipinski definition) is 2. The summed E-state index contributed by atoms with van der Waals surface area (Å²) in [6.45, 7) is 5.97. The number of pyridine rings is 1. The smallest absolute Gasteiger partial charge is 0.224 e. The van der Waals surface area contributed by atoms with Crippen molar-refractivity contribution in [2.45, 2.75) is 32.7 Å². The van der Waals surface area contributed by atoms with E-state index in [4.69, 9.17) is 0 Å². The fourth-order valence-electron chi connectivity index (χ4n) is 2.77. The van der Waals surface area contributed by atoms with Crippen molar-refractivity contribution in [2.75, 3.05) is 0 Å². The Bertz CT molecular complexity index is 843. The van der Waals surface area contributed by atoms with Crippen LogP contribution in [0.25, 0.3) is 22.2 Å². The number of carbonyl (C=O) groups is 1. The maximum Gasteiger partial charge on any atom is 0.224 e. The zero-order valence-corrected chi connectivity index (χ0v) is 13.7. The highest BCUT2D eigenvalue weighted by Crippen LogP contribution is 2.30. The maximum atomic E-state index is 12.3. The first-order chi connectivity index (χ1) is 10.9. The van der Waals surface area contributed by atoms with E-state index in [1.165, 1.54) is 0 Å². The van der Waals surface area contributed by atoms with Crippen molar-refractivity contribution in [3.63, 3.8) is 0 Å². The molecule has 4 nitrogen and oxygen atoms in total. The summed E-state index contributed by atoms with van der Waals surface area (Å²) >= 11 is 0. The molecule has 0 aliphatic carbocycles. The minimum Gasteiger partial charge on any atom is -0.351 e. The monoisotopic (exact) mass is 307 g/mol. The van der Waals surface area contributed by atoms with Crippen molar-refractivity contribution < 1.29 is 4.79 Å². The van der Waals surface area contributed by atoms with Crippen LogP contribution in [0.15, 0.2) is 48.8 Å². The summed E-state index contributed by atoms with van der Waals surface area (Å²) in [4.78, 5) is 19.8. The van der Waals surface area contributed by atoms with Gasteiger partial charge in [0.25, 0.3) is 0 Å². The average Bonchev–Trinajstić information content (AvgIpc) is 2.94. The van der Waals surface area contributed by atoms with E-state index in [1.54, 1.807) is 6.20 Å². The third-order valence-corrected chi connectivity index (χ3v) is 3.63. The van der Waals surface area contributed by atoms with E-state index in [0.29, 0.717) is 6.42 Å². The molecule has 0 unspecified atom stereocenters. The Hall–Kier alpha value is -2.62. The molecule has 0 radical (unpaired) electrons. The average molecular weight is 307 g/mol. The molecule has 0 atom stereocenters. The van der Waals surface area contributed by atoms with Gasteiger partial charge in [-0.15, -0.1) is 0 Å². The molecule has 0 saturated carbocycles. The van der Waals surface area contributed by atoms with E-state index in [1.807, 2.05) is 57.3 Å². The van der Waals surface area contributed by atoms with Gasteiger partial charge in [0, 0.05) is 23.3 Å². The number of rotatable bonds is 3. The zero-order chi connectivity index (χ0) is 16.4. The van der Waals surface area contributed by atoms with Crippen LogP contribution >= 0.6 is 0 Å². The predicted octanol–water partition coefficient (Wildman–Crippen LogP) is 3.69. The van der Waals surface area contributed by atoms with Gasteiger partial charge in [0.1, 0.15) is 5.65 Å². The van der Waals surface area contributed by atoms with E-state index < -0.39 is 0 Å². The number of benzene rings is 1. The third-order valence-electron chi connectivity index (χ3n) is 3.63. The van der Waals surface area contributed by atoms with Crippen LogP contribution in [0.3, 0.4) is 0 Å². The summed E-state index contributed by atoms with van der Waals surface area (Å²) < 4.78 is 0. The molecule has 0 saturated heterocycles. The fraction of sp³-hybridized carbons (Fsp3) is 0.263. The van der Waals surface area contributed by atoms with Gasteiger partial charge in [-0.1, -0.05) is 24.3 Å². The zero-order valence-electron chi connectivity index (χ0n) is 13.7. The Balaban J connectivity index is 1.98. The molecule has 0 aliphatic rings. The van der Waals surface area contributed by atoms with Crippen molar-refractivity contribution in [2.24, 2.45) is 0 Å². The summed E-state index contributed by atoms with van der Waals surface area (Å²) in [7, 11) is 0. The number of H-pyrrole nitrogens is 1. The Morgan fingerprint density at radius 1 is 1.13 bits per heavy atom. The minimum atomic E-state index is -0.226. The van der Waals surface area contributed by atoms with Gasteiger partial charge in [-0.25, -0.2) is 4.98 Å². The van der Waals surface area contributed by atoms with Crippen LogP contribution < -0.4 is 5.32 Å². The van der Waals surface area contributed by atoms with Crippen LogP contribution in [0.1, 0.15) is 26.3 Å². The number of amides is 1. The van der Waals surface area contributed by atoms with Gasteiger partial charge in [-0.05, 0) is 49.6 Å². The molecule has 2 aromatic heterocycles. The van der Waals surface area contributed by atoms with Gasteiger partial charge in [0.05, 0.1) is 6.42 Å². The van der Waals surface area contributed by atoms with Crippen molar-refractivity contribution in [1.29, 1.82) is 0 Å². The SMILES string of the molecule is CC(C)(C)NC(=O)Cc1ccccc1-c1ccnc2[nH]ccc12. The fourth-order valence-corrected chi connectivity index (χ4v) is 2.77. The molecule has 2 N–H and O–H groups in total. The summed E-state index contributed by atoms with van der Waals surface area (Å²) in [6.07, 6.45) is 4.04. The molecule has 3 rings (SSSR count). The molecular formula is C19H21N3O. The molecule has 3 aromatic rings. The minimum absolute atomic E-state index is 0.0318. The van der Waals surface area contributed by atoms with Crippen molar-refractivity contribution in [1.82, 2.24) is 15.3 Å². The number of carbonyl (C=O) groups excluding carboxylic acids is 1. The molecule has 2 heterocycles. The quantitative estimate of drug-likeness (QED) is 0.775. The van der Waals surface area contributed by atoms with Crippen LogP contribution in [0, 0.1) is 0 Å². The molecule has 0 bridgehead atoms. The van der Waals surface area contributed by atoms with Crippen LogP contribution in [0.2, 0.25) is 0 Å². The van der Waals surface area contributed by atoms with Crippen molar-refractivity contribution in [3.8, 4) is 11.1 Å². The lowest BCUT2D eigenvalue weighted by Crippen LogP contribution is -2.41. The lowest BCUT2D eigenvalue weighted by atomic mass is 9.96. The number of hydrogen-bond donors (Lipinski definition) is 2. The van der Waals surface area contributed by atoms with Crippen molar-refractivity contribution in [3.05, 3.63) is 54.4 Å². The number of aromatic amines is 1. The van der Waals surface area contributed by atoms with Crippen molar-refractivity contribution >= 4 is 16.9 Å². The second-order valence-corrected chi connectivity index (χ2v) is 6.73. The van der Waals surface area contributed by atoms with E-state index in [-0.39, 0.29) is 11.4 Å². The normalized spacial score (nSPS) is 11.6. The summed E-state index contributed by atoms with van der Waals surface area (Å²) in [5, 5.41) is 4.09. The van der Waals surface area contributed by atoms with Gasteiger partial charge in [-0.3, -0.25) is 4.79 Å². The number of nitrogens with one attached hydrogen (secondary N) is 2. The Kier molecular flexibility index (Phi) is 3.90. The lowest BCUT2D eigenvalue weighted by Gasteiger charge is -2.21. The van der Waals surface area contributed by atoms with E-state index in [9.17, 15) is 4.79 Å². The van der Waals surface area contributed by atoms with Gasteiger partial charge in [-0.2, -0.15) is 0 Å². The number of aromatic nitrogens is 2. The molecule has 118 valence electrons. The van der Waals surface area contributed by atoms with Crippen LogP contribution in [-0.4, -0.2) is 21.4 Å². The highest BCUT2D eigenvalue weighted by Gasteiger charge is 2.16. The van der Waals surface area contributed by atoms with Gasteiger partial charge in [0.2, 0.25) is 5.91 Å². The van der Waals surface area contributed by atoms with E-state index in [2.05, 4.69) is 21.4 Å². The molecule has 0 spiro atoms. The first-order valence-electron chi connectivity index (χ1n) is 7.75. The van der Waals surface area contributed by atoms with E-state index in [0.717, 1.165) is 27.7 Å². The Morgan fingerprint density at radius 2 is 1.91 bits per heavy atom. The summed E-state index contributed by atoms with van der Waals surface area (Å²) in [5.74, 6) is 0.0318. The van der Waals surface area contributed by atoms with E-state index >= 15 is 0 Å². The molecule has 23 heavy (non-hydrogen) atoms. The topological polar surface area (TPSA) is 57.8 Å². The highest BCUT2D eigenvalue weighted by molar-refractivity contribution is 5.94. The second kappa shape index (κ2) is 5.88. The molecule has 0 aliphatic heterocycles. The first kappa shape index (κ1) is 15.3. The largest absolute Gasteiger partial charge is 0.351 e. The summed E-state index contributed by atoms with van der Waals surface area (Å²) in [6, 6.07) is 12.1. The van der Waals surface area contributed by atoms with Gasteiger partial charge in [0.15, 0.2) is 0 Å². The first-order valence-corrected chi connectivity index (χ1v) is 7.75. The summed E-state index contributed by atoms with van der Waals surface area (Å²) in [5.41, 5.74) is 3.81. The molecule has 0 fully saturated rings. The van der Waals surface area contributed by atoms with Crippen LogP contribution in [-0.2, 0) is 11.2 Å². The molecule has 1 aromatic carbocycles. The molecular weight excluding hydrogens is 286 g/mol. The second-order valence-electron chi connectivity index (χ2n) is 6.73. The van der Waals surface area contributed by atoms with Gasteiger partial charge < -0.3 is 10.3 Å². The standard InChI is InChI=1S/C19H21N3O/c1-19(2,3)22-17(23)12-13-6-4-5-7-14(13)15-8-10-20-18-16(15)9-11-21-18/h4-11H,12H2,1-3H3,(H,20,21)(H,22,23). The number of nitrogens with zero attached hydrogens (tertiary/aromatic N) is 1. The predicted molar refractivity (Wildman–Crippen MR) is 93.1 cm³/mol. The Morgan fingerprint density at radius 3 is 2.70 bits per heavy atom. The van der Waals surface area contributed by atoms with Crippen LogP contribution in [0.4, 0.5) is 0 Å². The lowest BCUT2D eigenvalue weighted by molar-refractivity contribution is -0.121. The maximum absolute atomic E-state index is 12.3. The molecule has 1 amide bonds. The van der Waals surface area contributed by atoms with Crippen LogP contribution in [0.5, 0.6) is 0 Å². The van der Waals surface area contributed by atoms with Gasteiger partial charge >= 0.3 is 0 Å². The third kappa shape index (κ3) is 3.42. The highest BCUT2D eigenvalue weighted by atomic mass is 16.1. The Labute approximate surface area is 136 Å². The molecule has 4 heteroatoms.